The number of aliphatic hydroxyl groups excluding tert-OH is 1. The van der Waals surface area contributed by atoms with E-state index in [0.717, 1.165) is 13.8 Å². The standard InChI is InChI=1S/C9H17O9P/c1-7(11)16-4-9(3-10,5-17-8(2)12)6-18-19(13,14)15/h10H,3-6H2,1-2H3,(H2,13,14,15). The Hall–Kier alpha value is -0.990. The molecule has 0 aromatic carbocycles. The van der Waals surface area contributed by atoms with Gasteiger partial charge in [-0.2, -0.15) is 0 Å². The first-order valence-electron chi connectivity index (χ1n) is 5.18. The number of aliphatic hydroxyl groups is 1. The molecular formula is C9H17O9P. The van der Waals surface area contributed by atoms with Gasteiger partial charge in [0.1, 0.15) is 13.2 Å². The average molecular weight is 300 g/mol. The number of hydrogen-bond acceptors (Lipinski definition) is 7. The van der Waals surface area contributed by atoms with Gasteiger partial charge in [-0.25, -0.2) is 4.57 Å². The van der Waals surface area contributed by atoms with Crippen LogP contribution in [0.5, 0.6) is 0 Å². The highest BCUT2D eigenvalue weighted by Gasteiger charge is 2.36. The summed E-state index contributed by atoms with van der Waals surface area (Å²) < 4.78 is 24.3. The van der Waals surface area contributed by atoms with Crippen LogP contribution in [0.15, 0.2) is 0 Å². The molecule has 0 aliphatic rings. The van der Waals surface area contributed by atoms with Crippen molar-refractivity contribution in [2.75, 3.05) is 26.4 Å². The third kappa shape index (κ3) is 8.68. The van der Waals surface area contributed by atoms with E-state index in [0.29, 0.717) is 0 Å². The van der Waals surface area contributed by atoms with Crippen molar-refractivity contribution in [1.82, 2.24) is 0 Å². The van der Waals surface area contributed by atoms with Gasteiger partial charge in [0.2, 0.25) is 0 Å². The minimum atomic E-state index is -4.76. The molecule has 0 heterocycles. The summed E-state index contributed by atoms with van der Waals surface area (Å²) in [5.74, 6) is -1.31. The number of rotatable bonds is 8. The lowest BCUT2D eigenvalue weighted by molar-refractivity contribution is -0.155. The van der Waals surface area contributed by atoms with E-state index in [-0.39, 0.29) is 0 Å². The third-order valence-corrected chi connectivity index (χ3v) is 2.50. The van der Waals surface area contributed by atoms with E-state index in [2.05, 4.69) is 14.0 Å². The minimum Gasteiger partial charge on any atom is -0.465 e. The number of carbonyl (C=O) groups is 2. The number of ether oxygens (including phenoxy) is 2. The summed E-state index contributed by atoms with van der Waals surface area (Å²) in [6, 6.07) is 0. The van der Waals surface area contributed by atoms with Crippen molar-refractivity contribution in [2.45, 2.75) is 13.8 Å². The van der Waals surface area contributed by atoms with E-state index in [1.54, 1.807) is 0 Å². The second kappa shape index (κ2) is 7.56. The molecule has 0 spiro atoms. The SMILES string of the molecule is CC(=O)OCC(CO)(COC(C)=O)COP(=O)(O)O. The molecule has 0 atom stereocenters. The maximum absolute atomic E-state index is 10.7. The number of phosphoric acid groups is 1. The van der Waals surface area contributed by atoms with Crippen LogP contribution in [0.3, 0.4) is 0 Å². The van der Waals surface area contributed by atoms with Crippen molar-refractivity contribution in [1.29, 1.82) is 0 Å². The maximum atomic E-state index is 10.7. The molecule has 0 fully saturated rings. The first kappa shape index (κ1) is 18.0. The Balaban J connectivity index is 4.77. The van der Waals surface area contributed by atoms with Crippen LogP contribution in [0.25, 0.3) is 0 Å². The zero-order valence-electron chi connectivity index (χ0n) is 10.6. The van der Waals surface area contributed by atoms with Crippen molar-refractivity contribution >= 4 is 19.8 Å². The summed E-state index contributed by atoms with van der Waals surface area (Å²) in [6.07, 6.45) is 0. The highest BCUT2D eigenvalue weighted by atomic mass is 31.2. The number of phosphoric ester groups is 1. The average Bonchev–Trinajstić information content (AvgIpc) is 2.27. The fourth-order valence-corrected chi connectivity index (χ4v) is 1.43. The smallest absolute Gasteiger partial charge is 0.465 e. The zero-order chi connectivity index (χ0) is 15.1. The number of hydrogen-bond donors (Lipinski definition) is 3. The van der Waals surface area contributed by atoms with Crippen molar-refractivity contribution < 1.29 is 43.0 Å². The minimum absolute atomic E-state index is 0.411. The Morgan fingerprint density at radius 3 is 1.74 bits per heavy atom. The second-order valence-corrected chi connectivity index (χ2v) is 5.22. The first-order chi connectivity index (χ1) is 8.60. The van der Waals surface area contributed by atoms with Gasteiger partial charge in [0.15, 0.2) is 0 Å². The molecule has 0 saturated heterocycles. The largest absolute Gasteiger partial charge is 0.469 e. The van der Waals surface area contributed by atoms with Gasteiger partial charge >= 0.3 is 19.8 Å². The van der Waals surface area contributed by atoms with Gasteiger partial charge in [-0.15, -0.1) is 0 Å². The van der Waals surface area contributed by atoms with Gasteiger partial charge in [0, 0.05) is 13.8 Å². The second-order valence-electron chi connectivity index (χ2n) is 3.98. The molecule has 10 heteroatoms. The fraction of sp³-hybridized carbons (Fsp3) is 0.778. The van der Waals surface area contributed by atoms with Gasteiger partial charge in [-0.3, -0.25) is 14.1 Å². The molecule has 0 unspecified atom stereocenters. The fourth-order valence-electron chi connectivity index (χ4n) is 0.992. The van der Waals surface area contributed by atoms with Gasteiger partial charge in [-0.05, 0) is 0 Å². The Kier molecular flexibility index (Phi) is 7.17. The predicted molar refractivity (Wildman–Crippen MR) is 60.8 cm³/mol. The summed E-state index contributed by atoms with van der Waals surface area (Å²) in [4.78, 5) is 38.7. The van der Waals surface area contributed by atoms with Crippen LogP contribution in [0.2, 0.25) is 0 Å². The summed E-state index contributed by atoms with van der Waals surface area (Å²) in [5, 5.41) is 9.28. The Morgan fingerprint density at radius 2 is 1.47 bits per heavy atom. The van der Waals surface area contributed by atoms with E-state index >= 15 is 0 Å². The molecule has 0 aromatic heterocycles. The third-order valence-electron chi connectivity index (χ3n) is 2.04. The topological polar surface area (TPSA) is 140 Å². The normalized spacial score (nSPS) is 12.1. The molecule has 0 saturated carbocycles. The predicted octanol–water partition coefficient (Wildman–Crippen LogP) is -0.799. The molecule has 0 aromatic rings. The van der Waals surface area contributed by atoms with E-state index < -0.39 is 51.6 Å². The molecule has 0 radical (unpaired) electrons. The van der Waals surface area contributed by atoms with E-state index in [1.165, 1.54) is 0 Å². The maximum Gasteiger partial charge on any atom is 0.469 e. The Labute approximate surface area is 109 Å². The molecule has 0 rings (SSSR count). The van der Waals surface area contributed by atoms with Gasteiger partial charge < -0.3 is 24.4 Å². The van der Waals surface area contributed by atoms with E-state index in [9.17, 15) is 19.3 Å². The van der Waals surface area contributed by atoms with E-state index in [1.807, 2.05) is 0 Å². The van der Waals surface area contributed by atoms with Crippen LogP contribution < -0.4 is 0 Å². The summed E-state index contributed by atoms with van der Waals surface area (Å²) in [5.41, 5.74) is -1.43. The number of carbonyl (C=O) groups excluding carboxylic acids is 2. The monoisotopic (exact) mass is 300 g/mol. The first-order valence-corrected chi connectivity index (χ1v) is 6.71. The van der Waals surface area contributed by atoms with Crippen molar-refractivity contribution in [3.05, 3.63) is 0 Å². The van der Waals surface area contributed by atoms with Gasteiger partial charge in [0.05, 0.1) is 18.6 Å². The molecule has 9 nitrogen and oxygen atoms in total. The molecule has 112 valence electrons. The zero-order valence-corrected chi connectivity index (χ0v) is 11.5. The number of esters is 2. The Bertz CT molecular complexity index is 343. The van der Waals surface area contributed by atoms with Crippen LogP contribution >= 0.6 is 7.82 Å². The van der Waals surface area contributed by atoms with Crippen LogP contribution in [-0.2, 0) is 28.2 Å². The van der Waals surface area contributed by atoms with Crippen LogP contribution in [0.1, 0.15) is 13.8 Å². The molecule has 0 amide bonds. The van der Waals surface area contributed by atoms with Gasteiger partial charge in [0.25, 0.3) is 0 Å². The van der Waals surface area contributed by atoms with Crippen LogP contribution in [0.4, 0.5) is 0 Å². The van der Waals surface area contributed by atoms with E-state index in [4.69, 9.17) is 9.79 Å². The molecule has 3 N–H and O–H groups in total. The van der Waals surface area contributed by atoms with Crippen molar-refractivity contribution in [3.63, 3.8) is 0 Å². The highest BCUT2D eigenvalue weighted by molar-refractivity contribution is 7.46. The van der Waals surface area contributed by atoms with Gasteiger partial charge in [-0.1, -0.05) is 0 Å². The molecule has 19 heavy (non-hydrogen) atoms. The summed E-state index contributed by atoms with van der Waals surface area (Å²) in [6.45, 7) is 0.121. The van der Waals surface area contributed by atoms with Crippen molar-refractivity contribution in [3.8, 4) is 0 Å². The molecule has 0 aliphatic carbocycles. The molecular weight excluding hydrogens is 283 g/mol. The van der Waals surface area contributed by atoms with Crippen molar-refractivity contribution in [2.24, 2.45) is 5.41 Å². The summed E-state index contributed by atoms with van der Waals surface area (Å²) >= 11 is 0. The highest BCUT2D eigenvalue weighted by Crippen LogP contribution is 2.38. The lowest BCUT2D eigenvalue weighted by Gasteiger charge is -2.29. The lowest BCUT2D eigenvalue weighted by atomic mass is 9.92. The molecule has 0 aliphatic heterocycles. The van der Waals surface area contributed by atoms with Crippen LogP contribution in [-0.4, -0.2) is 53.3 Å². The summed E-state index contributed by atoms with van der Waals surface area (Å²) in [7, 11) is -4.76. The molecule has 0 bridgehead atoms. The lowest BCUT2D eigenvalue weighted by Crippen LogP contribution is -2.41. The van der Waals surface area contributed by atoms with Crippen LogP contribution in [0, 0.1) is 5.41 Å². The quantitative estimate of drug-likeness (QED) is 0.388. The Morgan fingerprint density at radius 1 is 1.05 bits per heavy atom.